The SMILES string of the molecule is CCC(C)n1c(C)c(C(=O)O)c(=O)c2cccc(OC)c21. The summed E-state index contributed by atoms with van der Waals surface area (Å²) in [5.41, 5.74) is 0.477. The largest absolute Gasteiger partial charge is 0.495 e. The summed E-state index contributed by atoms with van der Waals surface area (Å²) in [5.74, 6) is -0.621. The van der Waals surface area contributed by atoms with E-state index in [0.29, 0.717) is 22.3 Å². The number of carboxylic acid groups (broad SMARTS) is 1. The highest BCUT2D eigenvalue weighted by Crippen LogP contribution is 2.29. The van der Waals surface area contributed by atoms with Gasteiger partial charge in [0.15, 0.2) is 0 Å². The third-order valence-electron chi connectivity index (χ3n) is 3.90. The van der Waals surface area contributed by atoms with Crippen LogP contribution in [0.2, 0.25) is 0 Å². The number of aromatic nitrogens is 1. The Morgan fingerprint density at radius 2 is 2.10 bits per heavy atom. The minimum absolute atomic E-state index is 0.0579. The van der Waals surface area contributed by atoms with Gasteiger partial charge in [0.25, 0.3) is 0 Å². The molecule has 1 aromatic carbocycles. The first-order chi connectivity index (χ1) is 9.93. The fourth-order valence-corrected chi connectivity index (χ4v) is 2.69. The molecule has 1 unspecified atom stereocenters. The average molecular weight is 289 g/mol. The molecule has 1 aromatic heterocycles. The quantitative estimate of drug-likeness (QED) is 0.939. The Kier molecular flexibility index (Phi) is 4.02. The molecule has 0 amide bonds. The van der Waals surface area contributed by atoms with Crippen molar-refractivity contribution in [2.75, 3.05) is 7.11 Å². The van der Waals surface area contributed by atoms with Crippen LogP contribution < -0.4 is 10.2 Å². The molecule has 5 heteroatoms. The summed E-state index contributed by atoms with van der Waals surface area (Å²) in [6, 6.07) is 5.18. The van der Waals surface area contributed by atoms with E-state index in [1.54, 1.807) is 32.2 Å². The van der Waals surface area contributed by atoms with E-state index in [2.05, 4.69) is 0 Å². The summed E-state index contributed by atoms with van der Waals surface area (Å²) >= 11 is 0. The number of hydrogen-bond donors (Lipinski definition) is 1. The van der Waals surface area contributed by atoms with E-state index in [1.807, 2.05) is 18.4 Å². The van der Waals surface area contributed by atoms with Crippen LogP contribution >= 0.6 is 0 Å². The maximum Gasteiger partial charge on any atom is 0.341 e. The van der Waals surface area contributed by atoms with Gasteiger partial charge in [-0.1, -0.05) is 13.0 Å². The summed E-state index contributed by atoms with van der Waals surface area (Å²) in [4.78, 5) is 23.9. The fourth-order valence-electron chi connectivity index (χ4n) is 2.69. The molecular formula is C16H19NO4. The molecular weight excluding hydrogens is 270 g/mol. The van der Waals surface area contributed by atoms with Crippen molar-refractivity contribution in [1.29, 1.82) is 0 Å². The van der Waals surface area contributed by atoms with Gasteiger partial charge in [-0.15, -0.1) is 0 Å². The number of carbonyl (C=O) groups is 1. The molecule has 0 fully saturated rings. The zero-order valence-electron chi connectivity index (χ0n) is 12.6. The maximum absolute atomic E-state index is 12.5. The Morgan fingerprint density at radius 1 is 1.43 bits per heavy atom. The van der Waals surface area contributed by atoms with Crippen LogP contribution in [0.25, 0.3) is 10.9 Å². The number of fused-ring (bicyclic) bond motifs is 1. The molecule has 0 aliphatic heterocycles. The summed E-state index contributed by atoms with van der Waals surface area (Å²) in [6.45, 7) is 5.68. The number of aromatic carboxylic acids is 1. The summed E-state index contributed by atoms with van der Waals surface area (Å²) in [5, 5.41) is 9.74. The molecule has 5 nitrogen and oxygen atoms in total. The van der Waals surface area contributed by atoms with Crippen LogP contribution in [0.1, 0.15) is 42.4 Å². The lowest BCUT2D eigenvalue weighted by molar-refractivity contribution is 0.0693. The molecule has 0 spiro atoms. The minimum atomic E-state index is -1.20. The molecule has 0 saturated heterocycles. The van der Waals surface area contributed by atoms with E-state index >= 15 is 0 Å². The van der Waals surface area contributed by atoms with Crippen LogP contribution in [-0.4, -0.2) is 22.8 Å². The highest BCUT2D eigenvalue weighted by Gasteiger charge is 2.22. The van der Waals surface area contributed by atoms with Crippen molar-refractivity contribution in [3.05, 3.63) is 39.7 Å². The van der Waals surface area contributed by atoms with Crippen LogP contribution in [-0.2, 0) is 0 Å². The maximum atomic E-state index is 12.5. The number of rotatable bonds is 4. The molecule has 21 heavy (non-hydrogen) atoms. The molecule has 0 aliphatic rings. The van der Waals surface area contributed by atoms with Gasteiger partial charge in [0, 0.05) is 11.7 Å². The Bertz CT molecular complexity index is 761. The first-order valence-electron chi connectivity index (χ1n) is 6.89. The molecule has 0 saturated carbocycles. The van der Waals surface area contributed by atoms with Crippen LogP contribution in [0.5, 0.6) is 5.75 Å². The number of benzene rings is 1. The van der Waals surface area contributed by atoms with Crippen molar-refractivity contribution in [1.82, 2.24) is 4.57 Å². The van der Waals surface area contributed by atoms with E-state index in [-0.39, 0.29) is 11.6 Å². The molecule has 1 N–H and O–H groups in total. The van der Waals surface area contributed by atoms with Crippen molar-refractivity contribution in [3.8, 4) is 5.75 Å². The predicted molar refractivity (Wildman–Crippen MR) is 81.5 cm³/mol. The number of pyridine rings is 1. The number of ether oxygens (including phenoxy) is 1. The average Bonchev–Trinajstić information content (AvgIpc) is 2.46. The van der Waals surface area contributed by atoms with Crippen LogP contribution in [0, 0.1) is 6.92 Å². The highest BCUT2D eigenvalue weighted by atomic mass is 16.5. The lowest BCUT2D eigenvalue weighted by Gasteiger charge is -2.23. The molecule has 1 heterocycles. The lowest BCUT2D eigenvalue weighted by Crippen LogP contribution is -2.24. The Hall–Kier alpha value is -2.30. The first kappa shape index (κ1) is 15.1. The number of methoxy groups -OCH3 is 1. The smallest absolute Gasteiger partial charge is 0.341 e. The Morgan fingerprint density at radius 3 is 2.62 bits per heavy atom. The van der Waals surface area contributed by atoms with E-state index in [0.717, 1.165) is 6.42 Å². The second-order valence-corrected chi connectivity index (χ2v) is 5.08. The number of nitrogens with zero attached hydrogens (tertiary/aromatic N) is 1. The van der Waals surface area contributed by atoms with Crippen molar-refractivity contribution in [2.45, 2.75) is 33.2 Å². The molecule has 1 atom stereocenters. The standard InChI is InChI=1S/C16H19NO4/c1-5-9(2)17-10(3)13(16(19)20)15(18)11-7-6-8-12(21-4)14(11)17/h6-9H,5H2,1-4H3,(H,19,20). The van der Waals surface area contributed by atoms with Gasteiger partial charge in [-0.25, -0.2) is 4.79 Å². The van der Waals surface area contributed by atoms with E-state index in [4.69, 9.17) is 4.74 Å². The summed E-state index contributed by atoms with van der Waals surface area (Å²) < 4.78 is 7.25. The van der Waals surface area contributed by atoms with Gasteiger partial charge in [0.05, 0.1) is 18.0 Å². The van der Waals surface area contributed by atoms with Crippen LogP contribution in [0.3, 0.4) is 0 Å². The van der Waals surface area contributed by atoms with Gasteiger partial charge in [-0.05, 0) is 32.4 Å². The fraction of sp³-hybridized carbons (Fsp3) is 0.375. The van der Waals surface area contributed by atoms with Gasteiger partial charge >= 0.3 is 5.97 Å². The van der Waals surface area contributed by atoms with E-state index in [1.165, 1.54) is 0 Å². The zero-order chi connectivity index (χ0) is 15.7. The second kappa shape index (κ2) is 5.60. The van der Waals surface area contributed by atoms with Crippen LogP contribution in [0.15, 0.2) is 23.0 Å². The molecule has 0 bridgehead atoms. The number of carboxylic acids is 1. The Balaban J connectivity index is 3.09. The van der Waals surface area contributed by atoms with Crippen molar-refractivity contribution < 1.29 is 14.6 Å². The van der Waals surface area contributed by atoms with E-state index in [9.17, 15) is 14.7 Å². The summed E-state index contributed by atoms with van der Waals surface area (Å²) in [6.07, 6.45) is 0.815. The van der Waals surface area contributed by atoms with Crippen molar-refractivity contribution in [2.24, 2.45) is 0 Å². The van der Waals surface area contributed by atoms with Gasteiger partial charge in [-0.3, -0.25) is 4.79 Å². The Labute approximate surface area is 122 Å². The predicted octanol–water partition coefficient (Wildman–Crippen LogP) is 2.99. The van der Waals surface area contributed by atoms with Crippen molar-refractivity contribution >= 4 is 16.9 Å². The molecule has 2 aromatic rings. The van der Waals surface area contributed by atoms with Gasteiger partial charge < -0.3 is 14.4 Å². The molecule has 0 radical (unpaired) electrons. The van der Waals surface area contributed by atoms with Crippen LogP contribution in [0.4, 0.5) is 0 Å². The third-order valence-corrected chi connectivity index (χ3v) is 3.90. The normalized spacial score (nSPS) is 12.4. The third kappa shape index (κ3) is 2.28. The molecule has 0 aliphatic carbocycles. The number of para-hydroxylation sites is 1. The molecule has 2 rings (SSSR count). The van der Waals surface area contributed by atoms with Crippen molar-refractivity contribution in [3.63, 3.8) is 0 Å². The topological polar surface area (TPSA) is 68.5 Å². The van der Waals surface area contributed by atoms with Gasteiger partial charge in [-0.2, -0.15) is 0 Å². The number of hydrogen-bond acceptors (Lipinski definition) is 3. The van der Waals surface area contributed by atoms with Gasteiger partial charge in [0.2, 0.25) is 5.43 Å². The monoisotopic (exact) mass is 289 g/mol. The lowest BCUT2D eigenvalue weighted by atomic mass is 10.0. The second-order valence-electron chi connectivity index (χ2n) is 5.08. The zero-order valence-corrected chi connectivity index (χ0v) is 12.6. The first-order valence-corrected chi connectivity index (χ1v) is 6.89. The highest BCUT2D eigenvalue weighted by molar-refractivity contribution is 5.95. The van der Waals surface area contributed by atoms with E-state index < -0.39 is 11.4 Å². The molecule has 112 valence electrons. The van der Waals surface area contributed by atoms with Gasteiger partial charge in [0.1, 0.15) is 11.3 Å². The minimum Gasteiger partial charge on any atom is -0.495 e. The summed E-state index contributed by atoms with van der Waals surface area (Å²) in [7, 11) is 1.54.